The van der Waals surface area contributed by atoms with Gasteiger partial charge >= 0.3 is 384 Å². The Labute approximate surface area is 382 Å². The first kappa shape index (κ1) is 33.9. The summed E-state index contributed by atoms with van der Waals surface area (Å²) in [6, 6.07) is 64.6. The van der Waals surface area contributed by atoms with E-state index in [4.69, 9.17) is 0 Å². The van der Waals surface area contributed by atoms with E-state index in [9.17, 15) is 0 Å². The molecule has 10 aromatic rings. The molecule has 0 radical (unpaired) electrons. The van der Waals surface area contributed by atoms with Crippen LogP contribution in [-0.2, 0) is 0 Å². The van der Waals surface area contributed by atoms with Gasteiger partial charge in [-0.25, -0.2) is 0 Å². The summed E-state index contributed by atoms with van der Waals surface area (Å²) >= 11 is -0.00745. The van der Waals surface area contributed by atoms with Crippen molar-refractivity contribution in [3.63, 3.8) is 0 Å². The Hall–Kier alpha value is -7.57. The molecule has 7 aliphatic heterocycles. The summed E-state index contributed by atoms with van der Waals surface area (Å²) in [5.41, 5.74) is 26.2. The summed E-state index contributed by atoms with van der Waals surface area (Å²) < 4.78 is 3.13. The zero-order valence-electron chi connectivity index (χ0n) is 35.4. The monoisotopic (exact) mass is 892 g/mol. The van der Waals surface area contributed by atoms with Gasteiger partial charge in [0.1, 0.15) is 0 Å². The second-order valence-electron chi connectivity index (χ2n) is 18.5. The van der Waals surface area contributed by atoms with E-state index in [0.29, 0.717) is 0 Å². The molecule has 65 heavy (non-hydrogen) atoms. The Bertz CT molecular complexity index is 3670. The van der Waals surface area contributed by atoms with E-state index in [-0.39, 0.29) is 27.9 Å². The van der Waals surface area contributed by atoms with E-state index in [2.05, 4.69) is 213 Å². The van der Waals surface area contributed by atoms with Gasteiger partial charge in [-0.15, -0.1) is 0 Å². The van der Waals surface area contributed by atoms with Crippen LogP contribution in [0.3, 0.4) is 0 Å². The number of para-hydroxylation sites is 6. The third-order valence-corrected chi connectivity index (χ3v) is 18.4. The third kappa shape index (κ3) is 3.74. The van der Waals surface area contributed by atoms with Gasteiger partial charge in [-0.3, -0.25) is 0 Å². The number of hydrogen-bond acceptors (Lipinski definition) is 6. The molecule has 0 saturated carbocycles. The van der Waals surface area contributed by atoms with Crippen molar-refractivity contribution in [1.82, 2.24) is 0 Å². The molecule has 9 heteroatoms. The molecular formula is C56H34B2N6Se. The van der Waals surface area contributed by atoms with Crippen molar-refractivity contribution in [1.29, 1.82) is 0 Å². The van der Waals surface area contributed by atoms with Crippen LogP contribution in [0.15, 0.2) is 170 Å². The molecule has 17 rings (SSSR count). The fraction of sp³-hybridized carbons (Fsp3) is 0.0357. The fourth-order valence-corrected chi connectivity index (χ4v) is 16.5. The summed E-state index contributed by atoms with van der Waals surface area (Å²) in [6.07, 6.45) is 0. The van der Waals surface area contributed by atoms with Crippen LogP contribution in [-0.4, -0.2) is 42.0 Å². The molecule has 0 bridgehead atoms. The summed E-state index contributed by atoms with van der Waals surface area (Å²) in [7, 11) is 4.54. The second kappa shape index (κ2) is 11.4. The normalized spacial score (nSPS) is 15.3. The Balaban J connectivity index is 1.02. The first-order valence-corrected chi connectivity index (χ1v) is 24.4. The minimum absolute atomic E-state index is 0.00745. The molecular weight excluding hydrogens is 857 g/mol. The van der Waals surface area contributed by atoms with Crippen molar-refractivity contribution in [2.75, 3.05) is 43.5 Å². The van der Waals surface area contributed by atoms with Gasteiger partial charge < -0.3 is 0 Å². The fourth-order valence-electron chi connectivity index (χ4n) is 13.3. The van der Waals surface area contributed by atoms with Gasteiger partial charge in [-0.2, -0.15) is 0 Å². The summed E-state index contributed by atoms with van der Waals surface area (Å²) in [5, 5.41) is 5.16. The van der Waals surface area contributed by atoms with Crippen LogP contribution < -0.4 is 59.9 Å². The summed E-state index contributed by atoms with van der Waals surface area (Å²) in [4.78, 5) is 15.5. The van der Waals surface area contributed by atoms with Crippen molar-refractivity contribution < 1.29 is 0 Å². The van der Waals surface area contributed by atoms with Crippen molar-refractivity contribution in [2.45, 2.75) is 0 Å². The van der Waals surface area contributed by atoms with Gasteiger partial charge in [0.25, 0.3) is 0 Å². The van der Waals surface area contributed by atoms with Crippen LogP contribution in [0.4, 0.5) is 91.0 Å². The zero-order valence-corrected chi connectivity index (χ0v) is 37.1. The summed E-state index contributed by atoms with van der Waals surface area (Å²) in [6.45, 7) is 0.175. The number of benzene rings is 9. The van der Waals surface area contributed by atoms with Crippen molar-refractivity contribution in [2.24, 2.45) is 0 Å². The SMILES string of the molecule is CN1c2ccccc2N2c3cccc4c3B(c3cc5ccccc5c1c32)c1[se]c2c3c1N4c1ccccc1N3c1cccc3c1B2c1cc2ccccc2c2c1N3c1ccccc1N2C. The van der Waals surface area contributed by atoms with Crippen LogP contribution in [0, 0.1) is 0 Å². The molecule has 0 unspecified atom stereocenters. The van der Waals surface area contributed by atoms with E-state index in [1.165, 1.54) is 134 Å². The second-order valence-corrected chi connectivity index (χ2v) is 20.8. The van der Waals surface area contributed by atoms with Gasteiger partial charge in [0, 0.05) is 0 Å². The van der Waals surface area contributed by atoms with Crippen molar-refractivity contribution in [3.05, 3.63) is 170 Å². The van der Waals surface area contributed by atoms with Crippen LogP contribution >= 0.6 is 0 Å². The molecule has 0 amide bonds. The minimum atomic E-state index is -0.00745. The molecule has 0 aliphatic carbocycles. The number of hydrogen-bond donors (Lipinski definition) is 0. The molecule has 300 valence electrons. The molecule has 0 fully saturated rings. The number of rotatable bonds is 0. The maximum atomic E-state index is 2.68. The first-order valence-electron chi connectivity index (χ1n) is 22.6. The Morgan fingerprint density at radius 1 is 0.323 bits per heavy atom. The molecule has 0 atom stereocenters. The number of anilines is 16. The third-order valence-electron chi connectivity index (χ3n) is 15.7. The van der Waals surface area contributed by atoms with Crippen LogP contribution in [0.2, 0.25) is 0 Å². The molecule has 0 spiro atoms. The van der Waals surface area contributed by atoms with Gasteiger partial charge in [0.15, 0.2) is 0 Å². The van der Waals surface area contributed by atoms with Gasteiger partial charge in [-0.1, -0.05) is 0 Å². The van der Waals surface area contributed by atoms with Crippen LogP contribution in [0.25, 0.3) is 21.5 Å². The quantitative estimate of drug-likeness (QED) is 0.140. The average molecular weight is 892 g/mol. The van der Waals surface area contributed by atoms with E-state index < -0.39 is 0 Å². The number of nitrogens with zero attached hydrogens (tertiary/aromatic N) is 6. The Kier molecular flexibility index (Phi) is 5.94. The molecule has 7 aliphatic rings. The van der Waals surface area contributed by atoms with Crippen LogP contribution in [0.5, 0.6) is 0 Å². The van der Waals surface area contributed by atoms with Gasteiger partial charge in [0.2, 0.25) is 0 Å². The molecule has 9 aromatic carbocycles. The van der Waals surface area contributed by atoms with E-state index in [1.807, 2.05) is 0 Å². The van der Waals surface area contributed by atoms with E-state index in [1.54, 1.807) is 8.67 Å². The van der Waals surface area contributed by atoms with Crippen molar-refractivity contribution in [3.8, 4) is 0 Å². The molecule has 0 N–H and O–H groups in total. The van der Waals surface area contributed by atoms with Gasteiger partial charge in [0.05, 0.1) is 0 Å². The van der Waals surface area contributed by atoms with Crippen molar-refractivity contribution >= 4 is 171 Å². The molecule has 6 nitrogen and oxygen atoms in total. The summed E-state index contributed by atoms with van der Waals surface area (Å²) in [5.74, 6) is 0. The van der Waals surface area contributed by atoms with Gasteiger partial charge in [-0.05, 0) is 0 Å². The average Bonchev–Trinajstić information content (AvgIpc) is 3.75. The molecule has 8 heterocycles. The Morgan fingerprint density at radius 2 is 0.646 bits per heavy atom. The molecule has 1 aromatic heterocycles. The standard InChI is InChI=1S/C56H34B2N6Se/c1-59-37-19-7-9-21-39(37)61-43-25-13-27-45-47(43)57(35-29-31-15-3-5-17-33(31)49(59)51(35)61)55-53-54-56(65-55)58-36-30-32-16-4-6-18-34(32)50-52(36)62(40-22-10-8-20-38(40)60(50)2)44-26-14-28-46(48(44)58)64(54)42-24-12-11-23-41(42)63(45)53/h3-30H,1-2H3. The zero-order chi connectivity index (χ0) is 42.1. The first-order chi connectivity index (χ1) is 32.2. The Morgan fingerprint density at radius 3 is 1.06 bits per heavy atom. The van der Waals surface area contributed by atoms with Crippen LogP contribution in [0.1, 0.15) is 0 Å². The predicted octanol–water partition coefficient (Wildman–Crippen LogP) is 9.69. The maximum absolute atomic E-state index is 2.68. The van der Waals surface area contributed by atoms with E-state index >= 15 is 0 Å². The van der Waals surface area contributed by atoms with E-state index in [0.717, 1.165) is 0 Å². The predicted molar refractivity (Wildman–Crippen MR) is 276 cm³/mol. The topological polar surface area (TPSA) is 19.4 Å². The number of fused-ring (bicyclic) bond motifs is 19. The molecule has 0 saturated heterocycles.